The van der Waals surface area contributed by atoms with Crippen LogP contribution >= 0.6 is 0 Å². The highest BCUT2D eigenvalue weighted by Crippen LogP contribution is 2.19. The molecule has 108 valence electrons. The molecule has 0 radical (unpaired) electrons. The van der Waals surface area contributed by atoms with Crippen molar-refractivity contribution in [3.8, 4) is 0 Å². The molecule has 0 bridgehead atoms. The molecule has 0 spiro atoms. The number of sulfonamides is 1. The van der Waals surface area contributed by atoms with E-state index in [0.717, 1.165) is 6.07 Å². The number of benzene rings is 1. The fourth-order valence-corrected chi connectivity index (χ4v) is 2.89. The molecule has 1 aromatic carbocycles. The van der Waals surface area contributed by atoms with E-state index in [9.17, 15) is 12.8 Å². The minimum atomic E-state index is -3.83. The SMILES string of the molecule is CNCc1cn[nH]c1S(=O)(=O)Nc1ccc(C)c(F)c1. The van der Waals surface area contributed by atoms with Crippen LogP contribution in [0.3, 0.4) is 0 Å². The highest BCUT2D eigenvalue weighted by atomic mass is 32.2. The number of nitrogens with one attached hydrogen (secondary N) is 3. The Balaban J connectivity index is 2.30. The summed E-state index contributed by atoms with van der Waals surface area (Å²) in [6.45, 7) is 1.96. The molecule has 20 heavy (non-hydrogen) atoms. The summed E-state index contributed by atoms with van der Waals surface area (Å²) in [5.41, 5.74) is 1.12. The highest BCUT2D eigenvalue weighted by molar-refractivity contribution is 7.92. The molecule has 3 N–H and O–H groups in total. The van der Waals surface area contributed by atoms with Crippen LogP contribution in [0, 0.1) is 12.7 Å². The number of H-pyrrole nitrogens is 1. The first-order valence-electron chi connectivity index (χ1n) is 5.90. The molecule has 2 aromatic rings. The molecule has 0 aliphatic heterocycles. The zero-order valence-electron chi connectivity index (χ0n) is 11.1. The maximum Gasteiger partial charge on any atom is 0.279 e. The Morgan fingerprint density at radius 2 is 2.15 bits per heavy atom. The van der Waals surface area contributed by atoms with Crippen LogP contribution in [-0.4, -0.2) is 25.7 Å². The van der Waals surface area contributed by atoms with E-state index in [1.165, 1.54) is 18.3 Å². The summed E-state index contributed by atoms with van der Waals surface area (Å²) in [5.74, 6) is -0.467. The lowest BCUT2D eigenvalue weighted by Crippen LogP contribution is -2.17. The number of aromatic amines is 1. The number of rotatable bonds is 5. The molecule has 0 aliphatic rings. The zero-order valence-corrected chi connectivity index (χ0v) is 11.9. The van der Waals surface area contributed by atoms with Crippen LogP contribution in [0.2, 0.25) is 0 Å². The fraction of sp³-hybridized carbons (Fsp3) is 0.250. The number of hydrogen-bond acceptors (Lipinski definition) is 4. The summed E-state index contributed by atoms with van der Waals surface area (Å²) < 4.78 is 40.2. The van der Waals surface area contributed by atoms with Crippen molar-refractivity contribution in [2.24, 2.45) is 0 Å². The molecule has 8 heteroatoms. The Kier molecular flexibility index (Phi) is 4.05. The lowest BCUT2D eigenvalue weighted by atomic mass is 10.2. The van der Waals surface area contributed by atoms with Gasteiger partial charge < -0.3 is 5.32 Å². The zero-order chi connectivity index (χ0) is 14.8. The van der Waals surface area contributed by atoms with Gasteiger partial charge in [-0.3, -0.25) is 9.82 Å². The summed E-state index contributed by atoms with van der Waals surface area (Å²) >= 11 is 0. The average Bonchev–Trinajstić information content (AvgIpc) is 2.83. The third-order valence-electron chi connectivity index (χ3n) is 2.74. The molecule has 0 fully saturated rings. The Morgan fingerprint density at radius 1 is 1.40 bits per heavy atom. The second-order valence-electron chi connectivity index (χ2n) is 4.32. The van der Waals surface area contributed by atoms with Crippen LogP contribution in [0.1, 0.15) is 11.1 Å². The van der Waals surface area contributed by atoms with Crippen molar-refractivity contribution in [3.05, 3.63) is 41.3 Å². The van der Waals surface area contributed by atoms with Crippen molar-refractivity contribution in [1.82, 2.24) is 15.5 Å². The third kappa shape index (κ3) is 2.97. The summed E-state index contributed by atoms with van der Waals surface area (Å²) in [5, 5.41) is 8.98. The van der Waals surface area contributed by atoms with Crippen LogP contribution in [0.15, 0.2) is 29.4 Å². The van der Waals surface area contributed by atoms with E-state index in [-0.39, 0.29) is 10.7 Å². The van der Waals surface area contributed by atoms with E-state index >= 15 is 0 Å². The van der Waals surface area contributed by atoms with Gasteiger partial charge in [0.2, 0.25) is 0 Å². The Hall–Kier alpha value is -1.93. The van der Waals surface area contributed by atoms with Crippen molar-refractivity contribution >= 4 is 15.7 Å². The van der Waals surface area contributed by atoms with Gasteiger partial charge in [-0.05, 0) is 31.7 Å². The number of aromatic nitrogens is 2. The molecular formula is C12H15FN4O2S. The number of halogens is 1. The molecule has 0 saturated carbocycles. The van der Waals surface area contributed by atoms with Gasteiger partial charge in [0, 0.05) is 12.1 Å². The summed E-state index contributed by atoms with van der Waals surface area (Å²) in [6.07, 6.45) is 1.43. The van der Waals surface area contributed by atoms with Gasteiger partial charge in [-0.1, -0.05) is 6.07 Å². The van der Waals surface area contributed by atoms with E-state index < -0.39 is 15.8 Å². The Morgan fingerprint density at radius 3 is 2.80 bits per heavy atom. The third-order valence-corrected chi connectivity index (χ3v) is 4.13. The van der Waals surface area contributed by atoms with E-state index in [2.05, 4.69) is 20.2 Å². The van der Waals surface area contributed by atoms with Crippen molar-refractivity contribution in [3.63, 3.8) is 0 Å². The maximum atomic E-state index is 13.4. The van der Waals surface area contributed by atoms with Crippen molar-refractivity contribution < 1.29 is 12.8 Å². The van der Waals surface area contributed by atoms with Gasteiger partial charge >= 0.3 is 0 Å². The van der Waals surface area contributed by atoms with E-state index in [1.54, 1.807) is 14.0 Å². The van der Waals surface area contributed by atoms with Crippen LogP contribution in [0.25, 0.3) is 0 Å². The first-order chi connectivity index (χ1) is 9.44. The Bertz CT molecular complexity index is 712. The largest absolute Gasteiger partial charge is 0.316 e. The van der Waals surface area contributed by atoms with Crippen LogP contribution in [0.4, 0.5) is 10.1 Å². The second-order valence-corrected chi connectivity index (χ2v) is 5.94. The van der Waals surface area contributed by atoms with Crippen LogP contribution in [-0.2, 0) is 16.6 Å². The maximum absolute atomic E-state index is 13.4. The van der Waals surface area contributed by atoms with Gasteiger partial charge in [-0.2, -0.15) is 13.5 Å². The van der Waals surface area contributed by atoms with Gasteiger partial charge in [0.1, 0.15) is 5.82 Å². The lowest BCUT2D eigenvalue weighted by molar-refractivity contribution is 0.594. The predicted molar refractivity (Wildman–Crippen MR) is 73.3 cm³/mol. The van der Waals surface area contributed by atoms with Gasteiger partial charge in [-0.25, -0.2) is 4.39 Å². The predicted octanol–water partition coefficient (Wildman–Crippen LogP) is 1.38. The lowest BCUT2D eigenvalue weighted by Gasteiger charge is -2.09. The topological polar surface area (TPSA) is 86.9 Å². The van der Waals surface area contributed by atoms with Crippen molar-refractivity contribution in [1.29, 1.82) is 0 Å². The molecule has 1 aromatic heterocycles. The average molecular weight is 298 g/mol. The molecule has 0 amide bonds. The molecule has 0 aliphatic carbocycles. The van der Waals surface area contributed by atoms with E-state index in [4.69, 9.17) is 0 Å². The van der Waals surface area contributed by atoms with Gasteiger partial charge in [0.15, 0.2) is 5.03 Å². The van der Waals surface area contributed by atoms with Gasteiger partial charge in [0.05, 0.1) is 11.9 Å². The molecule has 0 saturated heterocycles. The molecule has 2 rings (SSSR count). The Labute approximate surface area is 116 Å². The molecular weight excluding hydrogens is 283 g/mol. The molecule has 6 nitrogen and oxygen atoms in total. The van der Waals surface area contributed by atoms with Crippen LogP contribution in [0.5, 0.6) is 0 Å². The number of nitrogens with zero attached hydrogens (tertiary/aromatic N) is 1. The highest BCUT2D eigenvalue weighted by Gasteiger charge is 2.20. The smallest absolute Gasteiger partial charge is 0.279 e. The first-order valence-corrected chi connectivity index (χ1v) is 7.38. The standard InChI is InChI=1S/C12H15FN4O2S/c1-8-3-4-10(5-11(8)13)17-20(18,19)12-9(6-14-2)7-15-16-12/h3-5,7,14,17H,6H2,1-2H3,(H,15,16). The van der Waals surface area contributed by atoms with Crippen molar-refractivity contribution in [2.45, 2.75) is 18.5 Å². The van der Waals surface area contributed by atoms with E-state index in [0.29, 0.717) is 17.7 Å². The summed E-state index contributed by atoms with van der Waals surface area (Å²) in [7, 11) is -2.13. The van der Waals surface area contributed by atoms with Crippen LogP contribution < -0.4 is 10.0 Å². The second kappa shape index (κ2) is 5.59. The quantitative estimate of drug-likeness (QED) is 0.778. The molecule has 0 unspecified atom stereocenters. The monoisotopic (exact) mass is 298 g/mol. The normalized spacial score (nSPS) is 11.6. The van der Waals surface area contributed by atoms with E-state index in [1.807, 2.05) is 0 Å². The molecule has 0 atom stereocenters. The summed E-state index contributed by atoms with van der Waals surface area (Å²) in [4.78, 5) is 0. The number of aryl methyl sites for hydroxylation is 1. The number of hydrogen-bond donors (Lipinski definition) is 3. The first kappa shape index (κ1) is 14.5. The minimum absolute atomic E-state index is 0.0344. The molecule has 1 heterocycles. The van der Waals surface area contributed by atoms with Gasteiger partial charge in [0.25, 0.3) is 10.0 Å². The van der Waals surface area contributed by atoms with Gasteiger partial charge in [-0.15, -0.1) is 0 Å². The summed E-state index contributed by atoms with van der Waals surface area (Å²) in [6, 6.07) is 4.15. The minimum Gasteiger partial charge on any atom is -0.316 e. The number of anilines is 1. The van der Waals surface area contributed by atoms with Crippen molar-refractivity contribution in [2.75, 3.05) is 11.8 Å². The fourth-order valence-electron chi connectivity index (χ4n) is 1.71.